The Morgan fingerprint density at radius 3 is 2.27 bits per heavy atom. The van der Waals surface area contributed by atoms with Gasteiger partial charge in [0.1, 0.15) is 17.4 Å². The van der Waals surface area contributed by atoms with Gasteiger partial charge in [-0.2, -0.15) is 5.06 Å². The molecule has 2 N–H and O–H groups in total. The van der Waals surface area contributed by atoms with Crippen molar-refractivity contribution in [3.8, 4) is 0 Å². The molecule has 0 aliphatic carbocycles. The normalized spacial score (nSPS) is 29.8. The molecule has 186 valence electrons. The van der Waals surface area contributed by atoms with E-state index in [2.05, 4.69) is 32.9 Å². The van der Waals surface area contributed by atoms with Crippen molar-refractivity contribution in [1.82, 2.24) is 9.96 Å². The first-order valence-corrected chi connectivity index (χ1v) is 12.0. The summed E-state index contributed by atoms with van der Waals surface area (Å²) in [6.07, 6.45) is 2.77. The van der Waals surface area contributed by atoms with Crippen molar-refractivity contribution in [3.63, 3.8) is 0 Å². The highest BCUT2D eigenvalue weighted by Gasteiger charge is 2.51. The van der Waals surface area contributed by atoms with E-state index in [1.165, 1.54) is 4.90 Å². The SMILES string of the molecule is CC(C)(C)OC(=O)N1[C@H](CO)[C@@H](c2ccc(CC3(C)CCCC(C)(C)N3O)cc2)OC1(C)C. The van der Waals surface area contributed by atoms with E-state index in [0.29, 0.717) is 0 Å². The monoisotopic (exact) mass is 462 g/mol. The fourth-order valence-corrected chi connectivity index (χ4v) is 5.39. The lowest BCUT2D eigenvalue weighted by Gasteiger charge is -2.50. The number of hydrogen-bond acceptors (Lipinski definition) is 6. The molecule has 33 heavy (non-hydrogen) atoms. The summed E-state index contributed by atoms with van der Waals surface area (Å²) in [5.74, 6) is 0. The minimum atomic E-state index is -0.919. The number of amides is 1. The highest BCUT2D eigenvalue weighted by Crippen LogP contribution is 2.42. The zero-order valence-corrected chi connectivity index (χ0v) is 21.5. The molecule has 2 fully saturated rings. The number of ether oxygens (including phenoxy) is 2. The molecule has 1 aromatic carbocycles. The first kappa shape index (κ1) is 25.9. The van der Waals surface area contributed by atoms with Crippen LogP contribution in [0.3, 0.4) is 0 Å². The number of aliphatic hydroxyl groups excluding tert-OH is 1. The standard InChI is InChI=1S/C26H42N2O5/c1-23(2,3)33-22(30)27-20(17-29)21(32-25(27,6)7)19-12-10-18(11-13-19)16-26(8)15-9-14-24(4,5)28(26)31/h10-13,20-21,29,31H,9,14-17H2,1-8H3/t20-,21-,26?/m1/s1. The van der Waals surface area contributed by atoms with Gasteiger partial charge in [0.15, 0.2) is 0 Å². The maximum atomic E-state index is 12.9. The van der Waals surface area contributed by atoms with Crippen LogP contribution in [0.15, 0.2) is 24.3 Å². The molecule has 1 amide bonds. The highest BCUT2D eigenvalue weighted by atomic mass is 16.6. The Morgan fingerprint density at radius 1 is 1.12 bits per heavy atom. The van der Waals surface area contributed by atoms with Crippen molar-refractivity contribution in [2.24, 2.45) is 0 Å². The number of aliphatic hydroxyl groups is 1. The number of hydrogen-bond donors (Lipinski definition) is 2. The molecule has 0 radical (unpaired) electrons. The second kappa shape index (κ2) is 8.84. The molecule has 0 spiro atoms. The highest BCUT2D eigenvalue weighted by molar-refractivity contribution is 5.70. The third-order valence-electron chi connectivity index (χ3n) is 6.94. The number of piperidine rings is 1. The van der Waals surface area contributed by atoms with Gasteiger partial charge in [-0.15, -0.1) is 0 Å². The predicted octanol–water partition coefficient (Wildman–Crippen LogP) is 5.05. The van der Waals surface area contributed by atoms with Gasteiger partial charge >= 0.3 is 6.09 Å². The third-order valence-corrected chi connectivity index (χ3v) is 6.94. The predicted molar refractivity (Wildman–Crippen MR) is 127 cm³/mol. The number of rotatable bonds is 4. The van der Waals surface area contributed by atoms with Crippen molar-refractivity contribution < 1.29 is 24.6 Å². The summed E-state index contributed by atoms with van der Waals surface area (Å²) < 4.78 is 11.8. The summed E-state index contributed by atoms with van der Waals surface area (Å²) in [4.78, 5) is 14.4. The number of nitrogens with zero attached hydrogens (tertiary/aromatic N) is 2. The molecule has 7 nitrogen and oxygen atoms in total. The summed E-state index contributed by atoms with van der Waals surface area (Å²) in [6, 6.07) is 7.55. The molecular weight excluding hydrogens is 420 g/mol. The molecule has 3 atom stereocenters. The Balaban J connectivity index is 1.79. The van der Waals surface area contributed by atoms with Crippen LogP contribution in [0, 0.1) is 0 Å². The number of carbonyl (C=O) groups is 1. The number of carbonyl (C=O) groups excluding carboxylic acids is 1. The molecule has 0 saturated carbocycles. The van der Waals surface area contributed by atoms with Crippen LogP contribution in [-0.2, 0) is 15.9 Å². The molecule has 7 heteroatoms. The Labute approximate surface area is 198 Å². The molecule has 2 aliphatic heterocycles. The second-order valence-corrected chi connectivity index (χ2v) is 12.0. The van der Waals surface area contributed by atoms with Crippen molar-refractivity contribution in [1.29, 1.82) is 0 Å². The molecule has 2 aliphatic rings. The van der Waals surface area contributed by atoms with E-state index in [4.69, 9.17) is 9.47 Å². The Kier molecular flexibility index (Phi) is 6.95. The fourth-order valence-electron chi connectivity index (χ4n) is 5.39. The van der Waals surface area contributed by atoms with E-state index in [0.717, 1.165) is 36.8 Å². The van der Waals surface area contributed by atoms with E-state index < -0.39 is 29.6 Å². The van der Waals surface area contributed by atoms with Crippen LogP contribution < -0.4 is 0 Å². The summed E-state index contributed by atoms with van der Waals surface area (Å²) in [6.45, 7) is 15.1. The summed E-state index contributed by atoms with van der Waals surface area (Å²) >= 11 is 0. The van der Waals surface area contributed by atoms with E-state index >= 15 is 0 Å². The molecule has 1 aromatic rings. The Morgan fingerprint density at radius 2 is 1.73 bits per heavy atom. The first-order valence-electron chi connectivity index (χ1n) is 12.0. The van der Waals surface area contributed by atoms with Gasteiger partial charge in [0, 0.05) is 11.1 Å². The van der Waals surface area contributed by atoms with Crippen molar-refractivity contribution >= 4 is 6.09 Å². The van der Waals surface area contributed by atoms with Crippen molar-refractivity contribution in [3.05, 3.63) is 35.4 Å². The topological polar surface area (TPSA) is 82.5 Å². The maximum absolute atomic E-state index is 12.9. The zero-order valence-electron chi connectivity index (χ0n) is 21.5. The van der Waals surface area contributed by atoms with Gasteiger partial charge in [0.2, 0.25) is 0 Å². The second-order valence-electron chi connectivity index (χ2n) is 12.0. The first-order chi connectivity index (χ1) is 15.1. The van der Waals surface area contributed by atoms with Crippen LogP contribution in [0.5, 0.6) is 0 Å². The molecule has 0 aromatic heterocycles. The lowest BCUT2D eigenvalue weighted by Crippen LogP contribution is -2.59. The van der Waals surface area contributed by atoms with Gasteiger partial charge in [-0.05, 0) is 92.2 Å². The van der Waals surface area contributed by atoms with Gasteiger partial charge in [-0.1, -0.05) is 24.3 Å². The van der Waals surface area contributed by atoms with E-state index in [9.17, 15) is 15.1 Å². The third kappa shape index (κ3) is 5.37. The molecule has 2 saturated heterocycles. The molecule has 2 heterocycles. The average Bonchev–Trinajstić information content (AvgIpc) is 2.96. The van der Waals surface area contributed by atoms with Crippen LogP contribution in [0.1, 0.15) is 91.9 Å². The minimum Gasteiger partial charge on any atom is -0.444 e. The molecule has 0 bridgehead atoms. The lowest BCUT2D eigenvalue weighted by molar-refractivity contribution is -0.247. The van der Waals surface area contributed by atoms with Gasteiger partial charge < -0.3 is 19.8 Å². The quantitative estimate of drug-likeness (QED) is 0.652. The minimum absolute atomic E-state index is 0.234. The molecular formula is C26H42N2O5. The molecule has 3 rings (SSSR count). The Bertz CT molecular complexity index is 845. The van der Waals surface area contributed by atoms with E-state index in [1.54, 1.807) is 5.06 Å². The zero-order chi connectivity index (χ0) is 24.8. The fraction of sp³-hybridized carbons (Fsp3) is 0.731. The van der Waals surface area contributed by atoms with Crippen molar-refractivity contribution in [2.75, 3.05) is 6.61 Å². The number of hydroxylamine groups is 2. The van der Waals surface area contributed by atoms with Crippen LogP contribution >= 0.6 is 0 Å². The summed E-state index contributed by atoms with van der Waals surface area (Å²) in [5.41, 5.74) is -0.104. The largest absolute Gasteiger partial charge is 0.444 e. The lowest BCUT2D eigenvalue weighted by atomic mass is 9.77. The average molecular weight is 463 g/mol. The van der Waals surface area contributed by atoms with E-state index in [-0.39, 0.29) is 17.7 Å². The van der Waals surface area contributed by atoms with Crippen LogP contribution in [-0.4, -0.2) is 61.4 Å². The molecule has 1 unspecified atom stereocenters. The van der Waals surface area contributed by atoms with Gasteiger partial charge in [0.05, 0.1) is 12.6 Å². The van der Waals surface area contributed by atoms with E-state index in [1.807, 2.05) is 46.8 Å². The van der Waals surface area contributed by atoms with Crippen LogP contribution in [0.4, 0.5) is 4.79 Å². The van der Waals surface area contributed by atoms with Crippen molar-refractivity contribution in [2.45, 2.75) is 116 Å². The summed E-state index contributed by atoms with van der Waals surface area (Å²) in [7, 11) is 0. The van der Waals surface area contributed by atoms with Crippen LogP contribution in [0.2, 0.25) is 0 Å². The smallest absolute Gasteiger partial charge is 0.413 e. The van der Waals surface area contributed by atoms with Crippen LogP contribution in [0.25, 0.3) is 0 Å². The summed E-state index contributed by atoms with van der Waals surface area (Å²) in [5, 5.41) is 22.6. The van der Waals surface area contributed by atoms with Gasteiger partial charge in [0.25, 0.3) is 0 Å². The van der Waals surface area contributed by atoms with Gasteiger partial charge in [-0.25, -0.2) is 4.79 Å². The Hall–Kier alpha value is -1.67. The number of benzene rings is 1. The van der Waals surface area contributed by atoms with Gasteiger partial charge in [-0.3, -0.25) is 4.90 Å². The maximum Gasteiger partial charge on any atom is 0.413 e.